The van der Waals surface area contributed by atoms with E-state index in [0.717, 1.165) is 5.56 Å². The van der Waals surface area contributed by atoms with Crippen molar-refractivity contribution >= 4 is 39.1 Å². The Morgan fingerprint density at radius 1 is 1.50 bits per heavy atom. The Morgan fingerprint density at radius 3 is 2.77 bits per heavy atom. The van der Waals surface area contributed by atoms with Crippen LogP contribution in [0.5, 0.6) is 0 Å². The van der Waals surface area contributed by atoms with Crippen LogP contribution in [0.1, 0.15) is 18.9 Å². The van der Waals surface area contributed by atoms with Gasteiger partial charge in [0.05, 0.1) is 11.6 Å². The van der Waals surface area contributed by atoms with Crippen LogP contribution in [0.25, 0.3) is 0 Å². The van der Waals surface area contributed by atoms with Crippen LogP contribution >= 0.6 is 11.6 Å². The molecule has 0 aromatic heterocycles. The number of sulfonamides is 1. The van der Waals surface area contributed by atoms with Gasteiger partial charge < -0.3 is 15.7 Å². The van der Waals surface area contributed by atoms with E-state index in [2.05, 4.69) is 4.40 Å². The molecule has 7 nitrogen and oxygen atoms in total. The number of fused-ring (bicyclic) bond motifs is 1. The van der Waals surface area contributed by atoms with Crippen LogP contribution in [0.2, 0.25) is 5.02 Å². The molecule has 0 saturated carbocycles. The van der Waals surface area contributed by atoms with Crippen molar-refractivity contribution in [2.75, 3.05) is 18.1 Å². The zero-order valence-electron chi connectivity index (χ0n) is 11.9. The molecule has 1 aromatic carbocycles. The number of hydrogen-bond acceptors (Lipinski definition) is 4. The van der Waals surface area contributed by atoms with Gasteiger partial charge >= 0.3 is 0 Å². The van der Waals surface area contributed by atoms with Gasteiger partial charge in [-0.2, -0.15) is 8.42 Å². The Morgan fingerprint density at radius 2 is 2.18 bits per heavy atom. The van der Waals surface area contributed by atoms with E-state index in [0.29, 0.717) is 18.7 Å². The van der Waals surface area contributed by atoms with Crippen LogP contribution in [-0.4, -0.2) is 38.4 Å². The molecule has 0 fully saturated rings. The zero-order chi connectivity index (χ0) is 16.5. The second kappa shape index (κ2) is 6.23. The van der Waals surface area contributed by atoms with Crippen LogP contribution < -0.4 is 10.6 Å². The lowest BCUT2D eigenvalue weighted by molar-refractivity contribution is -0.116. The number of rotatable bonds is 4. The minimum absolute atomic E-state index is 0.0321. The van der Waals surface area contributed by atoms with Gasteiger partial charge in [0.2, 0.25) is 5.91 Å². The fourth-order valence-corrected chi connectivity index (χ4v) is 3.82. The molecule has 9 heteroatoms. The molecular formula is C13H16ClN3O4S. The number of amides is 1. The van der Waals surface area contributed by atoms with Crippen LogP contribution in [-0.2, 0) is 21.2 Å². The summed E-state index contributed by atoms with van der Waals surface area (Å²) < 4.78 is 28.0. The summed E-state index contributed by atoms with van der Waals surface area (Å²) in [5.41, 5.74) is 6.78. The van der Waals surface area contributed by atoms with Crippen molar-refractivity contribution < 1.29 is 18.3 Å². The molecule has 1 aliphatic heterocycles. The number of nitrogens with two attached hydrogens (primary N) is 1. The predicted molar refractivity (Wildman–Crippen MR) is 83.7 cm³/mol. The smallest absolute Gasteiger partial charge is 0.285 e. The number of hydrogen-bond donors (Lipinski definition) is 2. The van der Waals surface area contributed by atoms with Gasteiger partial charge in [-0.3, -0.25) is 4.79 Å². The van der Waals surface area contributed by atoms with Crippen molar-refractivity contribution in [1.29, 1.82) is 0 Å². The van der Waals surface area contributed by atoms with Gasteiger partial charge in [0.15, 0.2) is 0 Å². The Hall–Kier alpha value is -1.64. The molecular weight excluding hydrogens is 330 g/mol. The van der Waals surface area contributed by atoms with Gasteiger partial charge in [-0.05, 0) is 24.1 Å². The van der Waals surface area contributed by atoms with Crippen LogP contribution in [0.4, 0.5) is 5.69 Å². The maximum absolute atomic E-state index is 12.3. The van der Waals surface area contributed by atoms with E-state index in [-0.39, 0.29) is 34.7 Å². The summed E-state index contributed by atoms with van der Waals surface area (Å²) in [6, 6.07) is 2.88. The summed E-state index contributed by atoms with van der Waals surface area (Å²) in [4.78, 5) is 12.9. The Bertz CT molecular complexity index is 746. The van der Waals surface area contributed by atoms with Crippen molar-refractivity contribution in [3.05, 3.63) is 22.7 Å². The molecule has 2 rings (SSSR count). The highest BCUT2D eigenvalue weighted by Crippen LogP contribution is 2.35. The average Bonchev–Trinajstić information content (AvgIpc) is 2.79. The molecule has 1 heterocycles. The highest BCUT2D eigenvalue weighted by molar-refractivity contribution is 7.90. The van der Waals surface area contributed by atoms with E-state index in [1.165, 1.54) is 24.0 Å². The number of benzene rings is 1. The van der Waals surface area contributed by atoms with Crippen LogP contribution in [0.15, 0.2) is 21.4 Å². The Labute approximate surface area is 133 Å². The summed E-state index contributed by atoms with van der Waals surface area (Å²) >= 11 is 6.04. The number of amidine groups is 1. The highest BCUT2D eigenvalue weighted by atomic mass is 35.5. The second-order valence-electron chi connectivity index (χ2n) is 4.86. The molecule has 22 heavy (non-hydrogen) atoms. The lowest BCUT2D eigenvalue weighted by Gasteiger charge is -2.15. The molecule has 0 spiro atoms. The molecule has 0 atom stereocenters. The van der Waals surface area contributed by atoms with Crippen LogP contribution in [0.3, 0.4) is 0 Å². The number of halogens is 1. The lowest BCUT2D eigenvalue weighted by atomic mass is 10.2. The topological polar surface area (TPSA) is 113 Å². The number of aliphatic hydroxyl groups is 1. The van der Waals surface area contributed by atoms with E-state index >= 15 is 0 Å². The number of carbonyl (C=O) groups excluding carboxylic acids is 1. The first-order chi connectivity index (χ1) is 10.3. The first kappa shape index (κ1) is 16.7. The van der Waals surface area contributed by atoms with E-state index in [9.17, 15) is 13.2 Å². The molecule has 0 bridgehead atoms. The highest BCUT2D eigenvalue weighted by Gasteiger charge is 2.27. The van der Waals surface area contributed by atoms with Crippen molar-refractivity contribution in [2.45, 2.75) is 24.7 Å². The van der Waals surface area contributed by atoms with E-state index in [4.69, 9.17) is 22.4 Å². The molecule has 3 N–H and O–H groups in total. The summed E-state index contributed by atoms with van der Waals surface area (Å²) in [7, 11) is -4.10. The van der Waals surface area contributed by atoms with Crippen molar-refractivity contribution in [3.63, 3.8) is 0 Å². The van der Waals surface area contributed by atoms with Gasteiger partial charge in [-0.1, -0.05) is 11.6 Å². The van der Waals surface area contributed by atoms with E-state index < -0.39 is 10.0 Å². The molecule has 0 unspecified atom stereocenters. The summed E-state index contributed by atoms with van der Waals surface area (Å²) in [6.07, 6.45) is 0.562. The number of anilines is 1. The third-order valence-corrected chi connectivity index (χ3v) is 5.09. The molecule has 0 radical (unpaired) electrons. The molecule has 1 aliphatic rings. The number of carbonyl (C=O) groups is 1. The minimum atomic E-state index is -4.10. The van der Waals surface area contributed by atoms with Crippen molar-refractivity contribution in [3.8, 4) is 0 Å². The SMILES string of the molecule is CC(=O)N1CCc2cc(Cl)c(S(=O)(=O)/N=C(\N)CCO)cc21. The fourth-order valence-electron chi connectivity index (χ4n) is 2.28. The standard InChI is InChI=1S/C13H16ClN3O4S/c1-8(19)17-4-2-9-6-10(14)12(7-11(9)17)22(20,21)16-13(15)3-5-18/h6-7,18H,2-5H2,1H3,(H2,15,16). The van der Waals surface area contributed by atoms with Crippen molar-refractivity contribution in [1.82, 2.24) is 0 Å². The van der Waals surface area contributed by atoms with Gasteiger partial charge in [0.25, 0.3) is 10.0 Å². The third-order valence-electron chi connectivity index (χ3n) is 3.29. The number of nitrogens with zero attached hydrogens (tertiary/aromatic N) is 2. The zero-order valence-corrected chi connectivity index (χ0v) is 13.5. The quantitative estimate of drug-likeness (QED) is 0.615. The first-order valence-electron chi connectivity index (χ1n) is 6.57. The number of aliphatic hydroxyl groups excluding tert-OH is 1. The lowest BCUT2D eigenvalue weighted by Crippen LogP contribution is -2.25. The fraction of sp³-hybridized carbons (Fsp3) is 0.385. The second-order valence-corrected chi connectivity index (χ2v) is 6.84. The predicted octanol–water partition coefficient (Wildman–Crippen LogP) is 0.677. The summed E-state index contributed by atoms with van der Waals surface area (Å²) in [6.45, 7) is 1.59. The third kappa shape index (κ3) is 3.23. The Balaban J connectivity index is 2.51. The normalized spacial score (nSPS) is 15.0. The molecule has 0 saturated heterocycles. The minimum Gasteiger partial charge on any atom is -0.396 e. The largest absolute Gasteiger partial charge is 0.396 e. The molecule has 1 aromatic rings. The maximum atomic E-state index is 12.3. The van der Waals surface area contributed by atoms with Gasteiger partial charge in [-0.25, -0.2) is 0 Å². The maximum Gasteiger partial charge on any atom is 0.285 e. The van der Waals surface area contributed by atoms with Crippen molar-refractivity contribution in [2.24, 2.45) is 10.1 Å². The summed E-state index contributed by atoms with van der Waals surface area (Å²) in [5.74, 6) is -0.379. The van der Waals surface area contributed by atoms with E-state index in [1.807, 2.05) is 0 Å². The van der Waals surface area contributed by atoms with E-state index in [1.54, 1.807) is 0 Å². The molecule has 120 valence electrons. The van der Waals surface area contributed by atoms with Crippen LogP contribution in [0, 0.1) is 0 Å². The van der Waals surface area contributed by atoms with Gasteiger partial charge in [-0.15, -0.1) is 4.40 Å². The average molecular weight is 346 g/mol. The monoisotopic (exact) mass is 345 g/mol. The van der Waals surface area contributed by atoms with Gasteiger partial charge in [0, 0.05) is 25.6 Å². The molecule has 1 amide bonds. The first-order valence-corrected chi connectivity index (χ1v) is 8.38. The molecule has 0 aliphatic carbocycles. The Kier molecular flexibility index (Phi) is 4.74. The summed E-state index contributed by atoms with van der Waals surface area (Å²) in [5, 5.41) is 8.79. The van der Waals surface area contributed by atoms with Gasteiger partial charge in [0.1, 0.15) is 10.7 Å².